The molecule has 36 heavy (non-hydrogen) atoms. The molecule has 0 aliphatic carbocycles. The number of halogens is 2. The average molecular weight is 533 g/mol. The first kappa shape index (κ1) is 26.2. The van der Waals surface area contributed by atoms with E-state index in [0.717, 1.165) is 31.2 Å². The van der Waals surface area contributed by atoms with Crippen molar-refractivity contribution in [2.45, 2.75) is 78.4 Å². The molecule has 0 spiro atoms. The van der Waals surface area contributed by atoms with Crippen molar-refractivity contribution in [2.75, 3.05) is 0 Å². The monoisotopic (exact) mass is 532 g/mol. The Kier molecular flexibility index (Phi) is 8.64. The molecule has 1 aromatic carbocycles. The summed E-state index contributed by atoms with van der Waals surface area (Å²) in [5, 5.41) is 4.94. The number of rotatable bonds is 12. The van der Waals surface area contributed by atoms with Gasteiger partial charge in [0.1, 0.15) is 0 Å². The van der Waals surface area contributed by atoms with Crippen LogP contribution < -0.4 is 11.2 Å². The zero-order valence-electron chi connectivity index (χ0n) is 20.5. The second kappa shape index (κ2) is 11.9. The molecule has 192 valence electrons. The summed E-state index contributed by atoms with van der Waals surface area (Å²) >= 11 is 12.3. The summed E-state index contributed by atoms with van der Waals surface area (Å²) in [4.78, 5) is 35.5. The summed E-state index contributed by atoms with van der Waals surface area (Å²) < 4.78 is 9.95. The van der Waals surface area contributed by atoms with Crippen LogP contribution in [0.3, 0.4) is 0 Å². The first-order valence-corrected chi connectivity index (χ1v) is 13.1. The lowest BCUT2D eigenvalue weighted by Crippen LogP contribution is -2.41. The van der Waals surface area contributed by atoms with E-state index in [0.29, 0.717) is 60.3 Å². The number of aryl methyl sites for hydroxylation is 3. The molecule has 0 atom stereocenters. The van der Waals surface area contributed by atoms with Crippen LogP contribution in [0.2, 0.25) is 10.3 Å². The Labute approximate surface area is 218 Å². The van der Waals surface area contributed by atoms with Gasteiger partial charge in [0.2, 0.25) is 11.2 Å². The lowest BCUT2D eigenvalue weighted by Gasteiger charge is -2.12. The highest BCUT2D eigenvalue weighted by Crippen LogP contribution is 2.18. The highest BCUT2D eigenvalue weighted by molar-refractivity contribution is 6.30. The minimum Gasteiger partial charge on any atom is -0.339 e. The third-order valence-electron chi connectivity index (χ3n) is 6.06. The van der Waals surface area contributed by atoms with Crippen molar-refractivity contribution in [1.29, 1.82) is 0 Å². The summed E-state index contributed by atoms with van der Waals surface area (Å²) in [6.45, 7) is 5.37. The SMILES string of the molecule is CCCCCn1c(=O)n(CCCc2nc(Cc3ccc(Cl)cc3)no2)c(=O)c2c1nc(Cl)n2CCC. The highest BCUT2D eigenvalue weighted by Gasteiger charge is 2.20. The number of benzene rings is 1. The van der Waals surface area contributed by atoms with E-state index in [-0.39, 0.29) is 23.1 Å². The van der Waals surface area contributed by atoms with Gasteiger partial charge >= 0.3 is 5.69 Å². The summed E-state index contributed by atoms with van der Waals surface area (Å²) in [5.74, 6) is 1.04. The molecule has 4 aromatic rings. The maximum absolute atomic E-state index is 13.4. The largest absolute Gasteiger partial charge is 0.339 e. The van der Waals surface area contributed by atoms with Gasteiger partial charge in [0.15, 0.2) is 17.0 Å². The number of imidazole rings is 1. The predicted octanol–water partition coefficient (Wildman–Crippen LogP) is 4.87. The fourth-order valence-corrected chi connectivity index (χ4v) is 4.62. The summed E-state index contributed by atoms with van der Waals surface area (Å²) in [7, 11) is 0. The predicted molar refractivity (Wildman–Crippen MR) is 140 cm³/mol. The Morgan fingerprint density at radius 1 is 0.861 bits per heavy atom. The maximum atomic E-state index is 13.4. The van der Waals surface area contributed by atoms with Crippen LogP contribution in [0.1, 0.15) is 63.2 Å². The first-order valence-electron chi connectivity index (χ1n) is 12.4. The lowest BCUT2D eigenvalue weighted by molar-refractivity contribution is 0.367. The zero-order valence-corrected chi connectivity index (χ0v) is 22.1. The summed E-state index contributed by atoms with van der Waals surface area (Å²) in [6, 6.07) is 7.48. The van der Waals surface area contributed by atoms with Gasteiger partial charge in [0.25, 0.3) is 5.56 Å². The van der Waals surface area contributed by atoms with Gasteiger partial charge in [-0.3, -0.25) is 13.9 Å². The van der Waals surface area contributed by atoms with Gasteiger partial charge in [-0.1, -0.05) is 55.6 Å². The molecule has 0 unspecified atom stereocenters. The van der Waals surface area contributed by atoms with Crippen molar-refractivity contribution in [1.82, 2.24) is 28.8 Å². The topological polar surface area (TPSA) is 101 Å². The van der Waals surface area contributed by atoms with Gasteiger partial charge in [-0.25, -0.2) is 4.79 Å². The van der Waals surface area contributed by atoms with E-state index in [1.807, 2.05) is 31.2 Å². The zero-order chi connectivity index (χ0) is 25.7. The van der Waals surface area contributed by atoms with Crippen LogP contribution in [0.15, 0.2) is 38.4 Å². The molecule has 0 aliphatic rings. The van der Waals surface area contributed by atoms with Gasteiger partial charge in [-0.15, -0.1) is 0 Å². The summed E-state index contributed by atoms with van der Waals surface area (Å²) in [5.41, 5.74) is 1.03. The summed E-state index contributed by atoms with van der Waals surface area (Å²) in [6.07, 6.45) is 5.08. The van der Waals surface area contributed by atoms with Crippen LogP contribution in [0.5, 0.6) is 0 Å². The van der Waals surface area contributed by atoms with Gasteiger partial charge in [-0.05, 0) is 48.6 Å². The van der Waals surface area contributed by atoms with Crippen LogP contribution in [-0.4, -0.2) is 28.8 Å². The molecule has 0 saturated carbocycles. The van der Waals surface area contributed by atoms with E-state index in [4.69, 9.17) is 27.7 Å². The van der Waals surface area contributed by atoms with Crippen LogP contribution in [0.25, 0.3) is 11.2 Å². The van der Waals surface area contributed by atoms with E-state index in [2.05, 4.69) is 22.0 Å². The number of nitrogens with zero attached hydrogens (tertiary/aromatic N) is 6. The molecule has 3 aromatic heterocycles. The molecule has 0 bridgehead atoms. The van der Waals surface area contributed by atoms with Gasteiger partial charge in [0, 0.05) is 37.5 Å². The average Bonchev–Trinajstić information content (AvgIpc) is 3.44. The highest BCUT2D eigenvalue weighted by atomic mass is 35.5. The molecule has 11 heteroatoms. The van der Waals surface area contributed by atoms with E-state index in [1.54, 1.807) is 9.13 Å². The minimum absolute atomic E-state index is 0.226. The standard InChI is InChI=1S/C25H30Cl2N6O3/c1-3-5-6-14-32-22-21(31(13-4-2)24(27)29-22)23(34)33(25(32)35)15-7-8-20-28-19(30-36-20)16-17-9-11-18(26)12-10-17/h9-12H,3-8,13-16H2,1-2H3. The van der Waals surface area contributed by atoms with Crippen LogP contribution >= 0.6 is 23.2 Å². The molecule has 0 fully saturated rings. The molecule has 0 N–H and O–H groups in total. The third-order valence-corrected chi connectivity index (χ3v) is 6.60. The molecule has 0 aliphatic heterocycles. The molecule has 0 amide bonds. The Morgan fingerprint density at radius 3 is 2.33 bits per heavy atom. The molecular weight excluding hydrogens is 503 g/mol. The van der Waals surface area contributed by atoms with E-state index >= 15 is 0 Å². The van der Waals surface area contributed by atoms with Crippen LogP contribution in [0.4, 0.5) is 0 Å². The molecule has 9 nitrogen and oxygen atoms in total. The Balaban J connectivity index is 1.54. The van der Waals surface area contributed by atoms with Crippen LogP contribution in [-0.2, 0) is 32.5 Å². The second-order valence-electron chi connectivity index (χ2n) is 8.81. The maximum Gasteiger partial charge on any atom is 0.332 e. The van der Waals surface area contributed by atoms with Crippen molar-refractivity contribution in [3.63, 3.8) is 0 Å². The molecule has 0 saturated heterocycles. The Bertz CT molecular complexity index is 1440. The number of hydrogen-bond acceptors (Lipinski definition) is 6. The van der Waals surface area contributed by atoms with Crippen molar-refractivity contribution in [2.24, 2.45) is 0 Å². The van der Waals surface area contributed by atoms with Gasteiger partial charge in [-0.2, -0.15) is 9.97 Å². The van der Waals surface area contributed by atoms with Crippen molar-refractivity contribution < 1.29 is 4.52 Å². The first-order chi connectivity index (χ1) is 17.4. The van der Waals surface area contributed by atoms with E-state index in [1.165, 1.54) is 4.57 Å². The quantitative estimate of drug-likeness (QED) is 0.190. The van der Waals surface area contributed by atoms with Crippen molar-refractivity contribution in [3.05, 3.63) is 72.7 Å². The second-order valence-corrected chi connectivity index (χ2v) is 9.59. The van der Waals surface area contributed by atoms with Gasteiger partial charge < -0.3 is 9.09 Å². The van der Waals surface area contributed by atoms with Gasteiger partial charge in [0.05, 0.1) is 0 Å². The Morgan fingerprint density at radius 2 is 1.61 bits per heavy atom. The molecule has 3 heterocycles. The van der Waals surface area contributed by atoms with E-state index < -0.39 is 0 Å². The van der Waals surface area contributed by atoms with Crippen molar-refractivity contribution >= 4 is 34.4 Å². The Hall–Kier alpha value is -2.91. The van der Waals surface area contributed by atoms with Crippen LogP contribution in [0, 0.1) is 0 Å². The number of fused-ring (bicyclic) bond motifs is 1. The number of hydrogen-bond donors (Lipinski definition) is 0. The number of aromatic nitrogens is 6. The van der Waals surface area contributed by atoms with E-state index in [9.17, 15) is 9.59 Å². The normalized spacial score (nSPS) is 11.6. The fourth-order valence-electron chi connectivity index (χ4n) is 4.25. The molecule has 4 rings (SSSR count). The fraction of sp³-hybridized carbons (Fsp3) is 0.480. The molecular formula is C25H30Cl2N6O3. The lowest BCUT2D eigenvalue weighted by atomic mass is 10.1. The number of unbranched alkanes of at least 4 members (excludes halogenated alkanes) is 2. The van der Waals surface area contributed by atoms with Crippen molar-refractivity contribution in [3.8, 4) is 0 Å². The smallest absolute Gasteiger partial charge is 0.332 e. The third kappa shape index (κ3) is 5.73. The molecule has 0 radical (unpaired) electrons. The minimum atomic E-state index is -0.372.